The van der Waals surface area contributed by atoms with Gasteiger partial charge in [0.2, 0.25) is 0 Å². The highest BCUT2D eigenvalue weighted by molar-refractivity contribution is 5.70. The molecular weight excluding hydrogens is 278 g/mol. The molecule has 116 valence electrons. The highest BCUT2D eigenvalue weighted by atomic mass is 16.5. The molecule has 0 amide bonds. The average Bonchev–Trinajstić information content (AvgIpc) is 2.53. The highest BCUT2D eigenvalue weighted by Crippen LogP contribution is 2.24. The van der Waals surface area contributed by atoms with Crippen LogP contribution in [0.5, 0.6) is 5.75 Å². The molecule has 0 saturated heterocycles. The molecule has 1 atom stereocenters. The van der Waals surface area contributed by atoms with Crippen molar-refractivity contribution in [1.29, 1.82) is 0 Å². The Balaban J connectivity index is 2.08. The number of carboxylic acids is 1. The molecule has 22 heavy (non-hydrogen) atoms. The van der Waals surface area contributed by atoms with Crippen LogP contribution in [0.4, 0.5) is 0 Å². The molecule has 2 rings (SSSR count). The van der Waals surface area contributed by atoms with Crippen molar-refractivity contribution in [2.75, 3.05) is 13.6 Å². The van der Waals surface area contributed by atoms with E-state index in [1.807, 2.05) is 37.4 Å². The monoisotopic (exact) mass is 299 g/mol. The van der Waals surface area contributed by atoms with Gasteiger partial charge in [-0.2, -0.15) is 0 Å². The van der Waals surface area contributed by atoms with Gasteiger partial charge in [-0.3, -0.25) is 4.79 Å². The fourth-order valence-corrected chi connectivity index (χ4v) is 2.26. The van der Waals surface area contributed by atoms with Crippen LogP contribution in [0.25, 0.3) is 0 Å². The molecule has 0 fully saturated rings. The summed E-state index contributed by atoms with van der Waals surface area (Å²) in [7, 11) is 1.92. The van der Waals surface area contributed by atoms with Crippen LogP contribution in [0.3, 0.4) is 0 Å². The molecule has 0 radical (unpaired) electrons. The Bertz CT molecular complexity index is 581. The summed E-state index contributed by atoms with van der Waals surface area (Å²) >= 11 is 0. The van der Waals surface area contributed by atoms with Gasteiger partial charge in [-0.05, 0) is 36.9 Å². The molecule has 4 nitrogen and oxygen atoms in total. The van der Waals surface area contributed by atoms with Crippen molar-refractivity contribution in [3.63, 3.8) is 0 Å². The predicted octanol–water partition coefficient (Wildman–Crippen LogP) is 3.04. The van der Waals surface area contributed by atoms with Gasteiger partial charge < -0.3 is 15.2 Å². The quantitative estimate of drug-likeness (QED) is 0.786. The first kappa shape index (κ1) is 16.0. The van der Waals surface area contributed by atoms with Gasteiger partial charge in [0.05, 0.1) is 6.42 Å². The fraction of sp³-hybridized carbons (Fsp3) is 0.278. The second-order valence-corrected chi connectivity index (χ2v) is 5.12. The molecule has 0 aromatic heterocycles. The smallest absolute Gasteiger partial charge is 0.307 e. The molecular formula is C18H21NO3. The molecule has 2 N–H and O–H groups in total. The number of ether oxygens (including phenoxy) is 1. The van der Waals surface area contributed by atoms with E-state index in [2.05, 4.69) is 17.4 Å². The Morgan fingerprint density at radius 2 is 1.82 bits per heavy atom. The molecule has 0 saturated carbocycles. The second kappa shape index (κ2) is 8.20. The lowest BCUT2D eigenvalue weighted by Crippen LogP contribution is -2.16. The molecule has 0 aliphatic rings. The van der Waals surface area contributed by atoms with Crippen LogP contribution >= 0.6 is 0 Å². The summed E-state index contributed by atoms with van der Waals surface area (Å²) in [6.07, 6.45) is 0.860. The first-order valence-corrected chi connectivity index (χ1v) is 7.36. The van der Waals surface area contributed by atoms with Crippen molar-refractivity contribution in [3.05, 3.63) is 65.7 Å². The minimum Gasteiger partial charge on any atom is -0.486 e. The first-order chi connectivity index (χ1) is 10.7. The van der Waals surface area contributed by atoms with E-state index in [4.69, 9.17) is 9.84 Å². The number of aliphatic carboxylic acids is 1. The normalized spacial score (nSPS) is 11.9. The van der Waals surface area contributed by atoms with E-state index in [9.17, 15) is 4.79 Å². The maximum atomic E-state index is 10.7. The van der Waals surface area contributed by atoms with Crippen molar-refractivity contribution >= 4 is 5.97 Å². The van der Waals surface area contributed by atoms with E-state index in [1.165, 1.54) is 0 Å². The number of hydrogen-bond donors (Lipinski definition) is 2. The van der Waals surface area contributed by atoms with Gasteiger partial charge in [0, 0.05) is 6.42 Å². The molecule has 2 aromatic rings. The highest BCUT2D eigenvalue weighted by Gasteiger charge is 2.13. The zero-order chi connectivity index (χ0) is 15.8. The lowest BCUT2D eigenvalue weighted by Gasteiger charge is -2.19. The number of rotatable bonds is 8. The molecule has 0 heterocycles. The number of benzene rings is 2. The summed E-state index contributed by atoms with van der Waals surface area (Å²) in [5, 5.41) is 11.9. The summed E-state index contributed by atoms with van der Waals surface area (Å²) < 4.78 is 6.08. The third-order valence-corrected chi connectivity index (χ3v) is 3.38. The number of carboxylic acid groups (broad SMARTS) is 1. The predicted molar refractivity (Wildman–Crippen MR) is 86.1 cm³/mol. The van der Waals surface area contributed by atoms with Crippen LogP contribution in [-0.2, 0) is 11.2 Å². The Morgan fingerprint density at radius 1 is 1.14 bits per heavy atom. The second-order valence-electron chi connectivity index (χ2n) is 5.12. The van der Waals surface area contributed by atoms with E-state index in [0.717, 1.165) is 29.8 Å². The maximum Gasteiger partial charge on any atom is 0.307 e. The molecule has 4 heteroatoms. The molecule has 2 aromatic carbocycles. The maximum absolute atomic E-state index is 10.7. The van der Waals surface area contributed by atoms with E-state index in [0.29, 0.717) is 0 Å². The minimum absolute atomic E-state index is 0.0287. The van der Waals surface area contributed by atoms with Crippen molar-refractivity contribution < 1.29 is 14.6 Å². The molecule has 0 unspecified atom stereocenters. The van der Waals surface area contributed by atoms with E-state index in [-0.39, 0.29) is 12.5 Å². The molecule has 0 spiro atoms. The van der Waals surface area contributed by atoms with Crippen molar-refractivity contribution in [2.24, 2.45) is 0 Å². The zero-order valence-electron chi connectivity index (χ0n) is 12.7. The van der Waals surface area contributed by atoms with Crippen molar-refractivity contribution in [1.82, 2.24) is 5.32 Å². The molecule has 0 bridgehead atoms. The standard InChI is InChI=1S/C18H21NO3/c1-19-12-11-17(15-5-3-2-4-6-15)22-16-9-7-14(8-10-16)13-18(20)21/h2-10,17,19H,11-13H2,1H3,(H,20,21)/t17-/m1/s1. The number of hydrogen-bond acceptors (Lipinski definition) is 3. The Kier molecular flexibility index (Phi) is 5.98. The Labute approximate surface area is 130 Å². The van der Waals surface area contributed by atoms with Crippen LogP contribution in [0.1, 0.15) is 23.7 Å². The van der Waals surface area contributed by atoms with Gasteiger partial charge in [-0.15, -0.1) is 0 Å². The van der Waals surface area contributed by atoms with Crippen molar-refractivity contribution in [2.45, 2.75) is 18.9 Å². The summed E-state index contributed by atoms with van der Waals surface area (Å²) in [4.78, 5) is 10.7. The topological polar surface area (TPSA) is 58.6 Å². The van der Waals surface area contributed by atoms with E-state index >= 15 is 0 Å². The zero-order valence-corrected chi connectivity index (χ0v) is 12.7. The largest absolute Gasteiger partial charge is 0.486 e. The van der Waals surface area contributed by atoms with Crippen LogP contribution < -0.4 is 10.1 Å². The van der Waals surface area contributed by atoms with Gasteiger partial charge in [-0.25, -0.2) is 0 Å². The van der Waals surface area contributed by atoms with Gasteiger partial charge in [0.1, 0.15) is 11.9 Å². The summed E-state index contributed by atoms with van der Waals surface area (Å²) in [6, 6.07) is 17.3. The lowest BCUT2D eigenvalue weighted by atomic mass is 10.1. The van der Waals surface area contributed by atoms with E-state index < -0.39 is 5.97 Å². The summed E-state index contributed by atoms with van der Waals surface area (Å²) in [5.74, 6) is -0.0797. The van der Waals surface area contributed by atoms with Crippen LogP contribution in [-0.4, -0.2) is 24.7 Å². The Hall–Kier alpha value is -2.33. The molecule has 0 aliphatic heterocycles. The number of carbonyl (C=O) groups is 1. The van der Waals surface area contributed by atoms with Gasteiger partial charge in [0.25, 0.3) is 0 Å². The van der Waals surface area contributed by atoms with Gasteiger partial charge in [-0.1, -0.05) is 42.5 Å². The SMILES string of the molecule is CNCC[C@@H](Oc1ccc(CC(=O)O)cc1)c1ccccc1. The lowest BCUT2D eigenvalue weighted by molar-refractivity contribution is -0.136. The third kappa shape index (κ3) is 4.90. The summed E-state index contributed by atoms with van der Waals surface area (Å²) in [5.41, 5.74) is 1.90. The summed E-state index contributed by atoms with van der Waals surface area (Å²) in [6.45, 7) is 0.858. The van der Waals surface area contributed by atoms with Gasteiger partial charge in [0.15, 0.2) is 0 Å². The number of nitrogens with one attached hydrogen (secondary N) is 1. The fourth-order valence-electron chi connectivity index (χ4n) is 2.26. The van der Waals surface area contributed by atoms with E-state index in [1.54, 1.807) is 12.1 Å². The third-order valence-electron chi connectivity index (χ3n) is 3.38. The minimum atomic E-state index is -0.829. The van der Waals surface area contributed by atoms with Crippen molar-refractivity contribution in [3.8, 4) is 5.75 Å². The van der Waals surface area contributed by atoms with Gasteiger partial charge >= 0.3 is 5.97 Å². The van der Waals surface area contributed by atoms with Crippen LogP contribution in [0, 0.1) is 0 Å². The Morgan fingerprint density at radius 3 is 2.41 bits per heavy atom. The average molecular weight is 299 g/mol. The van der Waals surface area contributed by atoms with Crippen LogP contribution in [0.15, 0.2) is 54.6 Å². The molecule has 0 aliphatic carbocycles. The van der Waals surface area contributed by atoms with Crippen LogP contribution in [0.2, 0.25) is 0 Å². The first-order valence-electron chi connectivity index (χ1n) is 7.36.